The van der Waals surface area contributed by atoms with Gasteiger partial charge in [0.05, 0.1) is 6.54 Å². The van der Waals surface area contributed by atoms with Gasteiger partial charge in [0, 0.05) is 29.7 Å². The molecule has 7 nitrogen and oxygen atoms in total. The van der Waals surface area contributed by atoms with Crippen LogP contribution in [0.1, 0.15) is 15.9 Å². The Hall–Kier alpha value is -3.45. The molecule has 1 unspecified atom stereocenters. The highest BCUT2D eigenvalue weighted by atomic mass is 16.2. The number of nitrogens with zero attached hydrogens (tertiary/aromatic N) is 1. The maximum absolute atomic E-state index is 12.5. The Morgan fingerprint density at radius 3 is 2.43 bits per heavy atom. The standard InChI is InChI=1S/C23H26N4O3/c1-27(2)17(12-16-8-4-3-5-9-16)13-25-21(28)15-26-23(30)19-14-24-20-11-7-6-10-18(20)22(19)29/h3-11,14,17H,12-13,15H2,1-2H3,(H,24,29)(H,25,28)(H,26,30). The molecule has 1 aromatic heterocycles. The predicted molar refractivity (Wildman–Crippen MR) is 118 cm³/mol. The lowest BCUT2D eigenvalue weighted by Crippen LogP contribution is -2.45. The van der Waals surface area contributed by atoms with Crippen molar-refractivity contribution in [2.24, 2.45) is 0 Å². The van der Waals surface area contributed by atoms with Crippen molar-refractivity contribution in [3.05, 3.63) is 82.1 Å². The van der Waals surface area contributed by atoms with E-state index in [-0.39, 0.29) is 29.5 Å². The van der Waals surface area contributed by atoms with Crippen molar-refractivity contribution in [3.8, 4) is 0 Å². The summed E-state index contributed by atoms with van der Waals surface area (Å²) < 4.78 is 0. The van der Waals surface area contributed by atoms with Gasteiger partial charge in [0.2, 0.25) is 11.3 Å². The summed E-state index contributed by atoms with van der Waals surface area (Å²) in [6.45, 7) is 0.254. The van der Waals surface area contributed by atoms with Crippen molar-refractivity contribution < 1.29 is 9.59 Å². The van der Waals surface area contributed by atoms with E-state index in [0.717, 1.165) is 6.42 Å². The van der Waals surface area contributed by atoms with Crippen LogP contribution >= 0.6 is 0 Å². The van der Waals surface area contributed by atoms with Crippen molar-refractivity contribution in [3.63, 3.8) is 0 Å². The molecule has 156 valence electrons. The Morgan fingerprint density at radius 1 is 1.00 bits per heavy atom. The van der Waals surface area contributed by atoms with E-state index in [2.05, 4.69) is 32.7 Å². The number of nitrogens with one attached hydrogen (secondary N) is 3. The topological polar surface area (TPSA) is 94.3 Å². The van der Waals surface area contributed by atoms with E-state index in [1.807, 2.05) is 32.3 Å². The van der Waals surface area contributed by atoms with E-state index < -0.39 is 5.91 Å². The van der Waals surface area contributed by atoms with E-state index in [1.54, 1.807) is 24.3 Å². The van der Waals surface area contributed by atoms with E-state index in [0.29, 0.717) is 17.4 Å². The van der Waals surface area contributed by atoms with E-state index in [9.17, 15) is 14.4 Å². The third kappa shape index (κ3) is 5.33. The van der Waals surface area contributed by atoms with E-state index in [4.69, 9.17) is 0 Å². The van der Waals surface area contributed by atoms with Gasteiger partial charge in [-0.3, -0.25) is 14.4 Å². The largest absolute Gasteiger partial charge is 0.360 e. The minimum atomic E-state index is -0.578. The van der Waals surface area contributed by atoms with Crippen molar-refractivity contribution >= 4 is 22.7 Å². The molecule has 0 saturated heterocycles. The average molecular weight is 406 g/mol. The molecule has 30 heavy (non-hydrogen) atoms. The maximum Gasteiger partial charge on any atom is 0.257 e. The van der Waals surface area contributed by atoms with Crippen LogP contribution in [0.25, 0.3) is 10.9 Å². The van der Waals surface area contributed by atoms with Crippen LogP contribution in [0.4, 0.5) is 0 Å². The Kier molecular flexibility index (Phi) is 6.98. The van der Waals surface area contributed by atoms with E-state index >= 15 is 0 Å². The first-order valence-corrected chi connectivity index (χ1v) is 9.81. The quantitative estimate of drug-likeness (QED) is 0.529. The number of rotatable bonds is 8. The molecule has 3 N–H and O–H groups in total. The zero-order valence-electron chi connectivity index (χ0n) is 17.1. The molecule has 7 heteroatoms. The third-order valence-electron chi connectivity index (χ3n) is 5.02. The molecular formula is C23H26N4O3. The van der Waals surface area contributed by atoms with Crippen LogP contribution in [0.15, 0.2) is 65.6 Å². The molecule has 3 rings (SSSR count). The second kappa shape index (κ2) is 9.84. The Balaban J connectivity index is 1.54. The fourth-order valence-corrected chi connectivity index (χ4v) is 3.21. The van der Waals surface area contributed by atoms with Crippen molar-refractivity contribution in [2.75, 3.05) is 27.2 Å². The Bertz CT molecular complexity index is 1080. The van der Waals surface area contributed by atoms with E-state index in [1.165, 1.54) is 11.8 Å². The summed E-state index contributed by atoms with van der Waals surface area (Å²) in [5.41, 5.74) is 1.47. The molecule has 0 fully saturated rings. The van der Waals surface area contributed by atoms with Gasteiger partial charge in [0.1, 0.15) is 5.56 Å². The summed E-state index contributed by atoms with van der Waals surface area (Å²) in [6.07, 6.45) is 2.17. The summed E-state index contributed by atoms with van der Waals surface area (Å²) in [6, 6.07) is 17.2. The molecule has 0 aliphatic heterocycles. The van der Waals surface area contributed by atoms with Gasteiger partial charge >= 0.3 is 0 Å². The molecule has 0 aliphatic carbocycles. The van der Waals surface area contributed by atoms with Crippen LogP contribution in [0.3, 0.4) is 0 Å². The second-order valence-corrected chi connectivity index (χ2v) is 7.37. The highest BCUT2D eigenvalue weighted by molar-refractivity contribution is 5.98. The average Bonchev–Trinajstić information content (AvgIpc) is 2.76. The maximum atomic E-state index is 12.5. The van der Waals surface area contributed by atoms with Crippen LogP contribution in [-0.4, -0.2) is 54.9 Å². The van der Waals surface area contributed by atoms with Crippen LogP contribution in [0, 0.1) is 0 Å². The van der Waals surface area contributed by atoms with Gasteiger partial charge in [-0.05, 0) is 38.2 Å². The predicted octanol–water partition coefficient (Wildman–Crippen LogP) is 1.55. The van der Waals surface area contributed by atoms with Crippen molar-refractivity contribution in [1.82, 2.24) is 20.5 Å². The molecule has 2 amide bonds. The highest BCUT2D eigenvalue weighted by Crippen LogP contribution is 2.07. The summed E-state index contributed by atoms with van der Waals surface area (Å²) >= 11 is 0. The fraction of sp³-hybridized carbons (Fsp3) is 0.261. The van der Waals surface area contributed by atoms with Crippen molar-refractivity contribution in [2.45, 2.75) is 12.5 Å². The van der Waals surface area contributed by atoms with Crippen LogP contribution in [0.5, 0.6) is 0 Å². The number of fused-ring (bicyclic) bond motifs is 1. The third-order valence-corrected chi connectivity index (χ3v) is 5.02. The lowest BCUT2D eigenvalue weighted by atomic mass is 10.1. The number of benzene rings is 2. The number of aromatic nitrogens is 1. The molecular weight excluding hydrogens is 380 g/mol. The van der Waals surface area contributed by atoms with Gasteiger partial charge in [-0.1, -0.05) is 42.5 Å². The monoisotopic (exact) mass is 406 g/mol. The number of likely N-dealkylation sites (N-methyl/N-ethyl adjacent to an activating group) is 1. The Morgan fingerprint density at radius 2 is 1.70 bits per heavy atom. The minimum Gasteiger partial charge on any atom is -0.360 e. The van der Waals surface area contributed by atoms with Gasteiger partial charge in [0.15, 0.2) is 0 Å². The summed E-state index contributed by atoms with van der Waals surface area (Å²) in [5.74, 6) is -0.883. The molecule has 2 aromatic carbocycles. The fourth-order valence-electron chi connectivity index (χ4n) is 3.21. The summed E-state index contributed by atoms with van der Waals surface area (Å²) in [7, 11) is 3.93. The van der Waals surface area contributed by atoms with Gasteiger partial charge in [-0.15, -0.1) is 0 Å². The molecule has 1 atom stereocenters. The van der Waals surface area contributed by atoms with Gasteiger partial charge in [-0.2, -0.15) is 0 Å². The molecule has 1 heterocycles. The van der Waals surface area contributed by atoms with Crippen LogP contribution in [0.2, 0.25) is 0 Å². The second-order valence-electron chi connectivity index (χ2n) is 7.37. The van der Waals surface area contributed by atoms with Crippen molar-refractivity contribution in [1.29, 1.82) is 0 Å². The summed E-state index contributed by atoms with van der Waals surface area (Å²) in [5, 5.41) is 5.81. The molecule has 3 aromatic rings. The molecule has 0 aliphatic rings. The minimum absolute atomic E-state index is 0.0169. The Labute approximate surface area is 175 Å². The SMILES string of the molecule is CN(C)C(CNC(=O)CNC(=O)c1c[nH]c2ccccc2c1=O)Cc1ccccc1. The summed E-state index contributed by atoms with van der Waals surface area (Å²) in [4.78, 5) is 42.1. The normalized spacial score (nSPS) is 12.0. The molecule has 0 radical (unpaired) electrons. The zero-order chi connectivity index (χ0) is 21.5. The first-order chi connectivity index (χ1) is 14.5. The zero-order valence-corrected chi connectivity index (χ0v) is 17.1. The number of hydrogen-bond donors (Lipinski definition) is 3. The number of aromatic amines is 1. The number of carbonyl (C=O) groups excluding carboxylic acids is 2. The number of carbonyl (C=O) groups is 2. The number of amides is 2. The first kappa shape index (κ1) is 21.3. The van der Waals surface area contributed by atoms with Gasteiger partial charge in [0.25, 0.3) is 5.91 Å². The number of H-pyrrole nitrogens is 1. The first-order valence-electron chi connectivity index (χ1n) is 9.81. The molecule has 0 saturated carbocycles. The number of pyridine rings is 1. The van der Waals surface area contributed by atoms with Gasteiger partial charge in [-0.25, -0.2) is 0 Å². The van der Waals surface area contributed by atoms with Gasteiger partial charge < -0.3 is 20.5 Å². The number of hydrogen-bond acceptors (Lipinski definition) is 4. The lowest BCUT2D eigenvalue weighted by molar-refractivity contribution is -0.120. The smallest absolute Gasteiger partial charge is 0.257 e. The molecule has 0 bridgehead atoms. The lowest BCUT2D eigenvalue weighted by Gasteiger charge is -2.24. The van der Waals surface area contributed by atoms with Crippen LogP contribution < -0.4 is 16.1 Å². The number of para-hydroxylation sites is 1. The highest BCUT2D eigenvalue weighted by Gasteiger charge is 2.16. The molecule has 0 spiro atoms. The van der Waals surface area contributed by atoms with Crippen LogP contribution in [-0.2, 0) is 11.2 Å².